The molecule has 4 heterocycles. The van der Waals surface area contributed by atoms with Crippen molar-refractivity contribution >= 4 is 41.4 Å². The molecule has 2 aromatic rings. The fourth-order valence-electron chi connectivity index (χ4n) is 8.86. The number of fused-ring (bicyclic) bond motifs is 2. The summed E-state index contributed by atoms with van der Waals surface area (Å²) in [7, 11) is 1.31. The number of halogens is 3. The predicted molar refractivity (Wildman–Crippen MR) is 206 cm³/mol. The maximum Gasteiger partial charge on any atom is 0.393 e. The van der Waals surface area contributed by atoms with Gasteiger partial charge in [0.05, 0.1) is 18.4 Å². The van der Waals surface area contributed by atoms with Crippen LogP contribution < -0.4 is 10.6 Å². The van der Waals surface area contributed by atoms with Gasteiger partial charge >= 0.3 is 12.1 Å². The smallest absolute Gasteiger partial charge is 0.393 e. The number of hydrogen-bond acceptors (Lipinski definition) is 7. The predicted octanol–water partition coefficient (Wildman–Crippen LogP) is 5.82. The second-order valence-corrected chi connectivity index (χ2v) is 17.0. The van der Waals surface area contributed by atoms with Gasteiger partial charge < -0.3 is 25.2 Å². The highest BCUT2D eigenvalue weighted by molar-refractivity contribution is 7.99. The number of rotatable bonds is 12. The quantitative estimate of drug-likeness (QED) is 0.259. The van der Waals surface area contributed by atoms with Gasteiger partial charge in [0.2, 0.25) is 23.6 Å². The minimum Gasteiger partial charge on any atom is -0.467 e. The van der Waals surface area contributed by atoms with Crippen molar-refractivity contribution < 1.29 is 41.9 Å². The molecule has 10 nitrogen and oxygen atoms in total. The van der Waals surface area contributed by atoms with Crippen LogP contribution in [0.2, 0.25) is 0 Å². The molecule has 56 heavy (non-hydrogen) atoms. The second-order valence-electron chi connectivity index (χ2n) is 15.7. The van der Waals surface area contributed by atoms with Crippen LogP contribution in [0.25, 0.3) is 0 Å². The number of carbonyl (C=O) groups is 5. The number of benzene rings is 2. The Bertz CT molecular complexity index is 1680. The van der Waals surface area contributed by atoms with E-state index in [-0.39, 0.29) is 48.4 Å². The van der Waals surface area contributed by atoms with Crippen LogP contribution in [-0.4, -0.2) is 94.5 Å². The van der Waals surface area contributed by atoms with Gasteiger partial charge in [-0.25, -0.2) is 4.79 Å². The van der Waals surface area contributed by atoms with Gasteiger partial charge in [0.1, 0.15) is 18.1 Å². The van der Waals surface area contributed by atoms with Gasteiger partial charge in [-0.15, -0.1) is 11.8 Å². The lowest BCUT2D eigenvalue weighted by molar-refractivity contribution is -0.192. The van der Waals surface area contributed by atoms with Crippen molar-refractivity contribution in [3.05, 3.63) is 71.8 Å². The van der Waals surface area contributed by atoms with E-state index >= 15 is 0 Å². The highest BCUT2D eigenvalue weighted by atomic mass is 32.2. The van der Waals surface area contributed by atoms with Crippen molar-refractivity contribution in [2.24, 2.45) is 17.8 Å². The van der Waals surface area contributed by atoms with Crippen LogP contribution in [0.15, 0.2) is 60.7 Å². The fraction of sp³-hybridized carbons (Fsp3) is 0.595. The molecular weight excluding hydrogens is 746 g/mol. The SMILES string of the molecule is COC(=O)[C@@H]1CCC[C@@H]2SCC[C@H](NC(=O)[C@H](CC[C@H](Cc3ccccc3)C(=O)N[C@H]3CCC[C@H]4CC[C@@H](C(F)(F)F)CN4C3=O)Cc3ccccc3)C(=O)N21. The summed E-state index contributed by atoms with van der Waals surface area (Å²) in [6, 6.07) is 16.2. The van der Waals surface area contributed by atoms with Gasteiger partial charge in [-0.2, -0.15) is 13.2 Å². The molecule has 14 heteroatoms. The lowest BCUT2D eigenvalue weighted by atomic mass is 9.86. The van der Waals surface area contributed by atoms with Crippen molar-refractivity contribution in [2.45, 2.75) is 119 Å². The lowest BCUT2D eigenvalue weighted by Gasteiger charge is -2.40. The van der Waals surface area contributed by atoms with E-state index in [0.717, 1.165) is 24.0 Å². The first-order chi connectivity index (χ1) is 26.9. The summed E-state index contributed by atoms with van der Waals surface area (Å²) in [6.07, 6.45) is 1.13. The third-order valence-corrected chi connectivity index (χ3v) is 13.3. The summed E-state index contributed by atoms with van der Waals surface area (Å²) < 4.78 is 46.2. The molecule has 4 saturated heterocycles. The molecule has 6 rings (SSSR count). The monoisotopic (exact) mass is 798 g/mol. The van der Waals surface area contributed by atoms with E-state index in [0.29, 0.717) is 57.1 Å². The Morgan fingerprint density at radius 1 is 0.768 bits per heavy atom. The number of alkyl halides is 3. The Labute approximate surface area is 331 Å². The Balaban J connectivity index is 1.19. The molecular formula is C42H53F3N4O6S. The van der Waals surface area contributed by atoms with Crippen molar-refractivity contribution in [2.75, 3.05) is 19.4 Å². The molecule has 0 aromatic heterocycles. The summed E-state index contributed by atoms with van der Waals surface area (Å²) >= 11 is 1.61. The first-order valence-corrected chi connectivity index (χ1v) is 21.0. The summed E-state index contributed by atoms with van der Waals surface area (Å²) in [5.74, 6) is -4.15. The number of nitrogens with one attached hydrogen (secondary N) is 2. The minimum atomic E-state index is -4.40. The number of nitrogens with zero attached hydrogens (tertiary/aromatic N) is 2. The van der Waals surface area contributed by atoms with Crippen molar-refractivity contribution in [3.63, 3.8) is 0 Å². The zero-order valence-electron chi connectivity index (χ0n) is 31.9. The van der Waals surface area contributed by atoms with E-state index in [4.69, 9.17) is 4.74 Å². The van der Waals surface area contributed by atoms with Crippen molar-refractivity contribution in [3.8, 4) is 0 Å². The Morgan fingerprint density at radius 3 is 1.91 bits per heavy atom. The molecule has 2 aromatic carbocycles. The van der Waals surface area contributed by atoms with E-state index in [1.54, 1.807) is 16.7 Å². The van der Waals surface area contributed by atoms with E-state index in [9.17, 15) is 37.1 Å². The molecule has 0 aliphatic carbocycles. The average Bonchev–Trinajstić information content (AvgIpc) is 3.45. The molecule has 4 fully saturated rings. The lowest BCUT2D eigenvalue weighted by Crippen LogP contribution is -2.57. The van der Waals surface area contributed by atoms with E-state index in [1.165, 1.54) is 12.0 Å². The van der Waals surface area contributed by atoms with E-state index < -0.39 is 60.5 Å². The number of thioether (sulfide) groups is 1. The third-order valence-electron chi connectivity index (χ3n) is 12.0. The summed E-state index contributed by atoms with van der Waals surface area (Å²) in [6.45, 7) is -0.396. The second kappa shape index (κ2) is 18.9. The maximum absolute atomic E-state index is 14.3. The standard InChI is InChI=1S/C42H53F3N4O6S/c1-55-41(54)35-16-9-17-36-49(35)40(53)34(22-23-56-36)47-38(51)30(25-28-12-6-3-7-13-28)19-18-29(24-27-10-4-2-5-11-27)37(50)46-33-15-8-14-32-21-20-31(42(43,44)45)26-48(32)39(33)52/h2-7,10-13,29-36H,8-9,14-26H2,1H3,(H,46,50)(H,47,51)/t29-,30-,31-,32+,33+,34+,35+,36+/m1/s1. The molecule has 304 valence electrons. The normalized spacial score (nSPS) is 26.8. The number of hydrogen-bond donors (Lipinski definition) is 2. The molecule has 0 spiro atoms. The van der Waals surface area contributed by atoms with Crippen LogP contribution in [0, 0.1) is 17.8 Å². The molecule has 2 N–H and O–H groups in total. The topological polar surface area (TPSA) is 125 Å². The van der Waals surface area contributed by atoms with Gasteiger partial charge in [-0.1, -0.05) is 60.7 Å². The molecule has 8 atom stereocenters. The molecule has 0 radical (unpaired) electrons. The number of esters is 1. The van der Waals surface area contributed by atoms with Crippen molar-refractivity contribution in [1.82, 2.24) is 20.4 Å². The van der Waals surface area contributed by atoms with Crippen LogP contribution in [0.3, 0.4) is 0 Å². The summed E-state index contributed by atoms with van der Waals surface area (Å²) in [4.78, 5) is 71.9. The van der Waals surface area contributed by atoms with Crippen molar-refractivity contribution in [1.29, 1.82) is 0 Å². The average molecular weight is 799 g/mol. The number of methoxy groups -OCH3 is 1. The Kier molecular flexibility index (Phi) is 14.0. The van der Waals surface area contributed by atoms with Crippen LogP contribution in [0.5, 0.6) is 0 Å². The summed E-state index contributed by atoms with van der Waals surface area (Å²) in [5.41, 5.74) is 1.81. The molecule has 4 aliphatic heterocycles. The van der Waals surface area contributed by atoms with Gasteiger partial charge in [-0.05, 0) is 100 Å². The first-order valence-electron chi connectivity index (χ1n) is 20.0. The number of piperidine rings is 2. The highest BCUT2D eigenvalue weighted by Crippen LogP contribution is 2.38. The van der Waals surface area contributed by atoms with Gasteiger partial charge in [0, 0.05) is 24.4 Å². The summed E-state index contributed by atoms with van der Waals surface area (Å²) in [5, 5.41) is 5.80. The first kappa shape index (κ1) is 41.6. The van der Waals surface area contributed by atoms with Gasteiger partial charge in [0.25, 0.3) is 0 Å². The minimum absolute atomic E-state index is 0.00744. The third kappa shape index (κ3) is 10.3. The molecule has 0 saturated carbocycles. The zero-order chi connectivity index (χ0) is 39.8. The molecule has 4 amide bonds. The molecule has 4 aliphatic rings. The highest BCUT2D eigenvalue weighted by Gasteiger charge is 2.47. The number of ether oxygens (including phenoxy) is 1. The fourth-order valence-corrected chi connectivity index (χ4v) is 10.2. The Morgan fingerprint density at radius 2 is 1.34 bits per heavy atom. The van der Waals surface area contributed by atoms with Crippen LogP contribution in [0.1, 0.15) is 81.8 Å². The molecule has 0 bridgehead atoms. The van der Waals surface area contributed by atoms with Crippen LogP contribution in [0.4, 0.5) is 13.2 Å². The van der Waals surface area contributed by atoms with Gasteiger partial charge in [0.15, 0.2) is 0 Å². The van der Waals surface area contributed by atoms with Crippen LogP contribution >= 0.6 is 11.8 Å². The van der Waals surface area contributed by atoms with E-state index in [2.05, 4.69) is 10.6 Å². The largest absolute Gasteiger partial charge is 0.467 e. The number of amides is 4. The van der Waals surface area contributed by atoms with E-state index in [1.807, 2.05) is 60.7 Å². The maximum atomic E-state index is 14.3. The molecule has 0 unspecified atom stereocenters. The van der Waals surface area contributed by atoms with Crippen LogP contribution in [-0.2, 0) is 41.6 Å². The number of carbonyl (C=O) groups excluding carboxylic acids is 5. The van der Waals surface area contributed by atoms with Gasteiger partial charge in [-0.3, -0.25) is 19.2 Å². The Hall–Kier alpha value is -4.07. The zero-order valence-corrected chi connectivity index (χ0v) is 32.7.